The molecule has 0 spiro atoms. The molecule has 3 heterocycles. The van der Waals surface area contributed by atoms with E-state index in [1.807, 2.05) is 0 Å². The fourth-order valence-electron chi connectivity index (χ4n) is 3.39. The highest BCUT2D eigenvalue weighted by atomic mass is 32.1. The van der Waals surface area contributed by atoms with Crippen LogP contribution < -0.4 is 10.1 Å². The Morgan fingerprint density at radius 1 is 1.22 bits per heavy atom. The second-order valence-electron chi connectivity index (χ2n) is 7.35. The van der Waals surface area contributed by atoms with Gasteiger partial charge in [-0.25, -0.2) is 9.97 Å². The van der Waals surface area contributed by atoms with E-state index < -0.39 is 11.7 Å². The number of nitrogens with one attached hydrogen (secondary N) is 1. The van der Waals surface area contributed by atoms with Crippen LogP contribution in [0.5, 0.6) is 11.5 Å². The molecule has 4 rings (SSSR count). The van der Waals surface area contributed by atoms with Crippen molar-refractivity contribution in [1.82, 2.24) is 19.2 Å². The molecule has 0 saturated carbocycles. The highest BCUT2D eigenvalue weighted by Crippen LogP contribution is 2.37. The second kappa shape index (κ2) is 9.11. The number of carbonyl (C=O) groups excluding carboxylic acids is 1. The largest absolute Gasteiger partial charge is 0.453 e. The summed E-state index contributed by atoms with van der Waals surface area (Å²) in [6.07, 6.45) is -2.28. The van der Waals surface area contributed by atoms with Gasteiger partial charge in [-0.05, 0) is 31.0 Å². The summed E-state index contributed by atoms with van der Waals surface area (Å²) >= 11 is 1.10. The van der Waals surface area contributed by atoms with Gasteiger partial charge < -0.3 is 15.0 Å². The maximum absolute atomic E-state index is 13.2. The fraction of sp³-hybridized carbons (Fsp3) is 0.333. The molecule has 1 amide bonds. The Balaban J connectivity index is 1.53. The second-order valence-corrected chi connectivity index (χ2v) is 8.10. The molecule has 0 atom stereocenters. The average molecular weight is 463 g/mol. The summed E-state index contributed by atoms with van der Waals surface area (Å²) in [7, 11) is 0. The van der Waals surface area contributed by atoms with Crippen LogP contribution in [-0.2, 0) is 11.0 Å². The topological polar surface area (TPSA) is 80.2 Å². The van der Waals surface area contributed by atoms with Crippen LogP contribution in [0.25, 0.3) is 0 Å². The Bertz CT molecular complexity index is 1080. The molecule has 2 aromatic heterocycles. The van der Waals surface area contributed by atoms with Crippen LogP contribution >= 0.6 is 11.5 Å². The van der Waals surface area contributed by atoms with Crippen molar-refractivity contribution in [2.75, 3.05) is 18.4 Å². The van der Waals surface area contributed by atoms with Gasteiger partial charge in [0.05, 0.1) is 5.56 Å². The van der Waals surface area contributed by atoms with E-state index in [4.69, 9.17) is 4.74 Å². The number of anilines is 2. The molecule has 1 aromatic carbocycles. The molecule has 3 aromatic rings. The number of hydrogen-bond acceptors (Lipinski definition) is 7. The lowest BCUT2D eigenvalue weighted by Gasteiger charge is -2.29. The minimum atomic E-state index is -4.55. The number of nitrogens with zero attached hydrogens (tertiary/aromatic N) is 4. The van der Waals surface area contributed by atoms with Gasteiger partial charge in [-0.2, -0.15) is 17.5 Å². The number of piperidine rings is 1. The predicted molar refractivity (Wildman–Crippen MR) is 113 cm³/mol. The summed E-state index contributed by atoms with van der Waals surface area (Å²) in [5, 5.41) is 3.34. The van der Waals surface area contributed by atoms with E-state index in [9.17, 15) is 18.0 Å². The van der Waals surface area contributed by atoms with E-state index in [0.717, 1.165) is 36.6 Å². The van der Waals surface area contributed by atoms with Crippen LogP contribution in [0.1, 0.15) is 37.1 Å². The lowest BCUT2D eigenvalue weighted by molar-refractivity contribution is -0.138. The van der Waals surface area contributed by atoms with E-state index >= 15 is 0 Å². The zero-order valence-corrected chi connectivity index (χ0v) is 17.9. The standard InChI is InChI=1S/C21H20F3N5O2S/c1-13(30)29-9-7-14(8-10-29)18-26-20(32-28-18)27-19-17(31-16-5-3-2-4-6-16)11-15(12-25-19)21(22,23)24/h2-6,11-12,14H,7-10H2,1H3,(H,25,26,27,28). The monoisotopic (exact) mass is 463 g/mol. The summed E-state index contributed by atoms with van der Waals surface area (Å²) in [4.78, 5) is 21.7. The van der Waals surface area contributed by atoms with Crippen molar-refractivity contribution in [2.45, 2.75) is 31.9 Å². The Kier molecular flexibility index (Phi) is 6.26. The van der Waals surface area contributed by atoms with Crippen molar-refractivity contribution in [3.8, 4) is 11.5 Å². The van der Waals surface area contributed by atoms with Gasteiger partial charge in [0.15, 0.2) is 11.6 Å². The van der Waals surface area contributed by atoms with Crippen LogP contribution in [0, 0.1) is 0 Å². The predicted octanol–water partition coefficient (Wildman–Crippen LogP) is 5.21. The van der Waals surface area contributed by atoms with Gasteiger partial charge in [0.1, 0.15) is 11.6 Å². The van der Waals surface area contributed by atoms with Crippen LogP contribution in [0.15, 0.2) is 42.6 Å². The van der Waals surface area contributed by atoms with Crippen LogP contribution in [-0.4, -0.2) is 38.2 Å². The number of amides is 1. The molecule has 1 aliphatic heterocycles. The third kappa shape index (κ3) is 5.16. The van der Waals surface area contributed by atoms with Crippen molar-refractivity contribution in [3.05, 3.63) is 54.0 Å². The van der Waals surface area contributed by atoms with Crippen molar-refractivity contribution in [1.29, 1.82) is 0 Å². The number of rotatable bonds is 5. The molecule has 1 N–H and O–H groups in total. The van der Waals surface area contributed by atoms with Crippen LogP contribution in [0.3, 0.4) is 0 Å². The molecule has 0 aliphatic carbocycles. The third-order valence-electron chi connectivity index (χ3n) is 5.12. The van der Waals surface area contributed by atoms with E-state index in [2.05, 4.69) is 19.7 Å². The average Bonchev–Trinajstić information content (AvgIpc) is 3.23. The van der Waals surface area contributed by atoms with Gasteiger partial charge in [-0.3, -0.25) is 4.79 Å². The SMILES string of the molecule is CC(=O)N1CCC(c2nsc(Nc3ncc(C(F)(F)F)cc3Oc3ccccc3)n2)CC1. The number of likely N-dealkylation sites (tertiary alicyclic amines) is 1. The van der Waals surface area contributed by atoms with E-state index in [-0.39, 0.29) is 23.4 Å². The molecule has 1 aliphatic rings. The minimum absolute atomic E-state index is 0.0522. The molecule has 168 valence electrons. The van der Waals surface area contributed by atoms with Crippen molar-refractivity contribution in [2.24, 2.45) is 0 Å². The van der Waals surface area contributed by atoms with Crippen molar-refractivity contribution < 1.29 is 22.7 Å². The van der Waals surface area contributed by atoms with Crippen molar-refractivity contribution in [3.63, 3.8) is 0 Å². The number of carbonyl (C=O) groups is 1. The summed E-state index contributed by atoms with van der Waals surface area (Å²) in [5.74, 6) is 1.24. The first-order valence-electron chi connectivity index (χ1n) is 9.96. The number of alkyl halides is 3. The number of ether oxygens (including phenoxy) is 1. The first-order chi connectivity index (χ1) is 15.3. The van der Waals surface area contributed by atoms with Gasteiger partial charge in [0.2, 0.25) is 11.0 Å². The molecule has 0 radical (unpaired) electrons. The van der Waals surface area contributed by atoms with Gasteiger partial charge in [-0.15, -0.1) is 0 Å². The highest BCUT2D eigenvalue weighted by molar-refractivity contribution is 7.09. The quantitative estimate of drug-likeness (QED) is 0.559. The summed E-state index contributed by atoms with van der Waals surface area (Å²) in [5.41, 5.74) is -0.913. The van der Waals surface area contributed by atoms with Gasteiger partial charge >= 0.3 is 6.18 Å². The van der Waals surface area contributed by atoms with Crippen LogP contribution in [0.4, 0.5) is 24.1 Å². The molecule has 1 fully saturated rings. The Morgan fingerprint density at radius 2 is 1.94 bits per heavy atom. The fourth-order valence-corrected chi connectivity index (χ4v) is 4.04. The first-order valence-corrected chi connectivity index (χ1v) is 10.7. The smallest absolute Gasteiger partial charge is 0.418 e. The summed E-state index contributed by atoms with van der Waals surface area (Å²) < 4.78 is 49.6. The highest BCUT2D eigenvalue weighted by Gasteiger charge is 2.32. The third-order valence-corrected chi connectivity index (χ3v) is 5.77. The van der Waals surface area contributed by atoms with Gasteiger partial charge in [-0.1, -0.05) is 18.2 Å². The van der Waals surface area contributed by atoms with E-state index in [1.54, 1.807) is 42.2 Å². The molecule has 1 saturated heterocycles. The zero-order valence-electron chi connectivity index (χ0n) is 17.1. The van der Waals surface area contributed by atoms with Crippen LogP contribution in [0.2, 0.25) is 0 Å². The van der Waals surface area contributed by atoms with E-state index in [0.29, 0.717) is 29.8 Å². The zero-order chi connectivity index (χ0) is 22.7. The lowest BCUT2D eigenvalue weighted by Crippen LogP contribution is -2.36. The molecular formula is C21H20F3N5O2S. The lowest BCUT2D eigenvalue weighted by atomic mass is 9.96. The maximum atomic E-state index is 13.2. The minimum Gasteiger partial charge on any atom is -0.453 e. The Hall–Kier alpha value is -3.21. The van der Waals surface area contributed by atoms with Crippen molar-refractivity contribution >= 4 is 28.4 Å². The number of halogens is 3. The first kappa shape index (κ1) is 22.0. The normalized spacial score (nSPS) is 14.9. The molecule has 32 heavy (non-hydrogen) atoms. The Labute approximate surface area is 186 Å². The maximum Gasteiger partial charge on any atom is 0.418 e. The van der Waals surface area contributed by atoms with E-state index in [1.165, 1.54) is 0 Å². The van der Waals surface area contributed by atoms with Gasteiger partial charge in [0, 0.05) is 43.7 Å². The molecule has 11 heteroatoms. The molecule has 7 nitrogen and oxygen atoms in total. The molecule has 0 unspecified atom stereocenters. The summed E-state index contributed by atoms with van der Waals surface area (Å²) in [6.45, 7) is 2.85. The number of para-hydroxylation sites is 1. The Morgan fingerprint density at radius 3 is 2.59 bits per heavy atom. The summed E-state index contributed by atoms with van der Waals surface area (Å²) in [6, 6.07) is 9.40. The number of benzene rings is 1. The van der Waals surface area contributed by atoms with Gasteiger partial charge in [0.25, 0.3) is 0 Å². The number of hydrogen-bond donors (Lipinski definition) is 1. The number of pyridine rings is 1. The number of aromatic nitrogens is 3. The molecule has 0 bridgehead atoms. The molecular weight excluding hydrogens is 443 g/mol.